The third-order valence-corrected chi connectivity index (χ3v) is 1.70. The van der Waals surface area contributed by atoms with Gasteiger partial charge in [-0.15, -0.1) is 0 Å². The molecule has 2 rings (SSSR count). The molecule has 0 N–H and O–H groups in total. The van der Waals surface area contributed by atoms with Crippen LogP contribution in [0, 0.1) is 0 Å². The highest BCUT2D eigenvalue weighted by Crippen LogP contribution is 2.07. The van der Waals surface area contributed by atoms with Gasteiger partial charge in [0.2, 0.25) is 0 Å². The summed E-state index contributed by atoms with van der Waals surface area (Å²) in [5, 5.41) is 0. The Hall–Kier alpha value is -1.57. The van der Waals surface area contributed by atoms with Crippen LogP contribution in [0.5, 0.6) is 0 Å². The Bertz CT molecular complexity index is 326. The van der Waals surface area contributed by atoms with Gasteiger partial charge in [0.25, 0.3) is 0 Å². The van der Waals surface area contributed by atoms with Gasteiger partial charge in [-0.25, -0.2) is 4.98 Å². The molecule has 2 aromatic rings. The Balaban J connectivity index is 2.15. The maximum absolute atomic E-state index is 5.13. The van der Waals surface area contributed by atoms with E-state index in [1.54, 1.807) is 6.20 Å². The van der Waals surface area contributed by atoms with Gasteiger partial charge < -0.3 is 4.42 Å². The van der Waals surface area contributed by atoms with E-state index in [1.807, 2.05) is 18.2 Å². The highest BCUT2D eigenvalue weighted by atomic mass is 16.3. The van der Waals surface area contributed by atoms with Gasteiger partial charge in [-0.05, 0) is 5.56 Å². The Morgan fingerprint density at radius 2 is 2.00 bits per heavy atom. The van der Waals surface area contributed by atoms with Crippen molar-refractivity contribution in [2.45, 2.75) is 6.42 Å². The van der Waals surface area contributed by atoms with Crippen LogP contribution in [0.4, 0.5) is 0 Å². The fourth-order valence-corrected chi connectivity index (χ4v) is 1.13. The first-order valence-corrected chi connectivity index (χ1v) is 3.86. The van der Waals surface area contributed by atoms with Crippen molar-refractivity contribution in [3.63, 3.8) is 0 Å². The van der Waals surface area contributed by atoms with Crippen LogP contribution in [-0.4, -0.2) is 4.98 Å². The quantitative estimate of drug-likeness (QED) is 0.671. The summed E-state index contributed by atoms with van der Waals surface area (Å²) in [5.74, 6) is 0.904. The number of aromatic nitrogens is 1. The van der Waals surface area contributed by atoms with E-state index in [0.717, 1.165) is 12.2 Å². The summed E-state index contributed by atoms with van der Waals surface area (Å²) in [6.45, 7) is 0. The van der Waals surface area contributed by atoms with Crippen LogP contribution in [0.15, 0.2) is 47.3 Å². The lowest BCUT2D eigenvalue weighted by molar-refractivity contribution is 0.514. The smallest absolute Gasteiger partial charge is 0.180 e. The summed E-state index contributed by atoms with van der Waals surface area (Å²) in [7, 11) is 0. The second-order valence-corrected chi connectivity index (χ2v) is 2.63. The van der Waals surface area contributed by atoms with Crippen molar-refractivity contribution < 1.29 is 4.42 Å². The highest BCUT2D eigenvalue weighted by Gasteiger charge is 1.96. The van der Waals surface area contributed by atoms with Crippen LogP contribution in [0.3, 0.4) is 0 Å². The molecule has 0 saturated heterocycles. The van der Waals surface area contributed by atoms with Crippen molar-refractivity contribution in [2.75, 3.05) is 0 Å². The average molecular weight is 159 g/mol. The molecule has 2 nitrogen and oxygen atoms in total. The van der Waals surface area contributed by atoms with E-state index >= 15 is 0 Å². The van der Waals surface area contributed by atoms with Gasteiger partial charge in [0.05, 0.1) is 6.20 Å². The van der Waals surface area contributed by atoms with E-state index in [2.05, 4.69) is 17.1 Å². The number of rotatable bonds is 2. The lowest BCUT2D eigenvalue weighted by Crippen LogP contribution is -1.83. The Labute approximate surface area is 70.9 Å². The summed E-state index contributed by atoms with van der Waals surface area (Å²) < 4.78 is 5.13. The van der Waals surface area contributed by atoms with Gasteiger partial charge in [-0.3, -0.25) is 0 Å². The molecule has 12 heavy (non-hydrogen) atoms. The van der Waals surface area contributed by atoms with Gasteiger partial charge in [0.15, 0.2) is 6.39 Å². The van der Waals surface area contributed by atoms with Gasteiger partial charge >= 0.3 is 0 Å². The van der Waals surface area contributed by atoms with Gasteiger partial charge in [-0.2, -0.15) is 0 Å². The summed E-state index contributed by atoms with van der Waals surface area (Å²) in [6, 6.07) is 10.2. The lowest BCUT2D eigenvalue weighted by atomic mass is 10.1. The first kappa shape index (κ1) is 7.10. The van der Waals surface area contributed by atoms with E-state index in [1.165, 1.54) is 12.0 Å². The Morgan fingerprint density at radius 1 is 1.17 bits per heavy atom. The SMILES string of the molecule is c1ccc(Cc2cnco2)cc1. The molecule has 0 fully saturated rings. The fraction of sp³-hybridized carbons (Fsp3) is 0.100. The molecule has 0 bridgehead atoms. The molecule has 0 aliphatic heterocycles. The molecule has 0 atom stereocenters. The molecular weight excluding hydrogens is 150 g/mol. The average Bonchev–Trinajstić information content (AvgIpc) is 2.59. The zero-order valence-corrected chi connectivity index (χ0v) is 6.60. The summed E-state index contributed by atoms with van der Waals surface area (Å²) in [6.07, 6.45) is 4.02. The van der Waals surface area contributed by atoms with Crippen molar-refractivity contribution in [2.24, 2.45) is 0 Å². The monoisotopic (exact) mass is 159 g/mol. The predicted molar refractivity (Wildman–Crippen MR) is 45.8 cm³/mol. The largest absolute Gasteiger partial charge is 0.448 e. The standard InChI is InChI=1S/C10H9NO/c1-2-4-9(5-3-1)6-10-7-11-8-12-10/h1-5,7-8H,6H2. The molecular formula is C10H9NO. The third kappa shape index (κ3) is 1.53. The first-order valence-electron chi connectivity index (χ1n) is 3.86. The summed E-state index contributed by atoms with van der Waals surface area (Å²) in [4.78, 5) is 3.85. The van der Waals surface area contributed by atoms with Crippen LogP contribution in [-0.2, 0) is 6.42 Å². The van der Waals surface area contributed by atoms with Crippen LogP contribution < -0.4 is 0 Å². The third-order valence-electron chi connectivity index (χ3n) is 1.70. The number of hydrogen-bond donors (Lipinski definition) is 0. The molecule has 1 heterocycles. The molecule has 0 amide bonds. The van der Waals surface area contributed by atoms with Crippen LogP contribution in [0.2, 0.25) is 0 Å². The second-order valence-electron chi connectivity index (χ2n) is 2.63. The van der Waals surface area contributed by atoms with E-state index in [0.29, 0.717) is 0 Å². The van der Waals surface area contributed by atoms with Crippen molar-refractivity contribution in [1.29, 1.82) is 0 Å². The van der Waals surface area contributed by atoms with Crippen LogP contribution >= 0.6 is 0 Å². The van der Waals surface area contributed by atoms with E-state index in [4.69, 9.17) is 4.42 Å². The number of hydrogen-bond acceptors (Lipinski definition) is 2. The van der Waals surface area contributed by atoms with Crippen LogP contribution in [0.25, 0.3) is 0 Å². The lowest BCUT2D eigenvalue weighted by Gasteiger charge is -1.94. The number of benzene rings is 1. The maximum atomic E-state index is 5.13. The molecule has 1 aromatic carbocycles. The van der Waals surface area contributed by atoms with Gasteiger partial charge in [-0.1, -0.05) is 30.3 Å². The molecule has 0 aliphatic rings. The minimum absolute atomic E-state index is 0.820. The first-order chi connectivity index (χ1) is 5.95. The second kappa shape index (κ2) is 3.22. The van der Waals surface area contributed by atoms with Crippen molar-refractivity contribution in [3.05, 3.63) is 54.2 Å². The van der Waals surface area contributed by atoms with Crippen molar-refractivity contribution in [3.8, 4) is 0 Å². The molecule has 2 heteroatoms. The molecule has 1 aromatic heterocycles. The summed E-state index contributed by atoms with van der Waals surface area (Å²) in [5.41, 5.74) is 1.24. The van der Waals surface area contributed by atoms with E-state index in [9.17, 15) is 0 Å². The summed E-state index contributed by atoms with van der Waals surface area (Å²) >= 11 is 0. The molecule has 0 saturated carbocycles. The Morgan fingerprint density at radius 3 is 2.67 bits per heavy atom. The van der Waals surface area contributed by atoms with Crippen LogP contribution in [0.1, 0.15) is 11.3 Å². The van der Waals surface area contributed by atoms with E-state index < -0.39 is 0 Å². The minimum Gasteiger partial charge on any atom is -0.448 e. The molecule has 0 aliphatic carbocycles. The molecule has 0 spiro atoms. The van der Waals surface area contributed by atoms with Crippen molar-refractivity contribution >= 4 is 0 Å². The topological polar surface area (TPSA) is 26.0 Å². The van der Waals surface area contributed by atoms with E-state index in [-0.39, 0.29) is 0 Å². The van der Waals surface area contributed by atoms with Gasteiger partial charge in [0.1, 0.15) is 5.76 Å². The molecule has 0 unspecified atom stereocenters. The normalized spacial score (nSPS) is 10.0. The van der Waals surface area contributed by atoms with Gasteiger partial charge in [0, 0.05) is 6.42 Å². The zero-order chi connectivity index (χ0) is 8.23. The predicted octanol–water partition coefficient (Wildman–Crippen LogP) is 2.27. The molecule has 0 radical (unpaired) electrons. The number of nitrogens with zero attached hydrogens (tertiary/aromatic N) is 1. The number of oxazole rings is 1. The zero-order valence-electron chi connectivity index (χ0n) is 6.60. The fourth-order valence-electron chi connectivity index (χ4n) is 1.13. The maximum Gasteiger partial charge on any atom is 0.180 e. The molecule has 60 valence electrons. The highest BCUT2D eigenvalue weighted by molar-refractivity contribution is 5.18. The van der Waals surface area contributed by atoms with Crippen molar-refractivity contribution in [1.82, 2.24) is 4.98 Å². The Kier molecular flexibility index (Phi) is 1.90. The minimum atomic E-state index is 0.820.